The zero-order chi connectivity index (χ0) is 29.9. The number of benzene rings is 4. The number of carboxylic acids is 1. The summed E-state index contributed by atoms with van der Waals surface area (Å²) in [6.07, 6.45) is 1.34. The molecule has 0 spiro atoms. The highest BCUT2D eigenvalue weighted by Crippen LogP contribution is 2.35. The summed E-state index contributed by atoms with van der Waals surface area (Å²) in [5, 5.41) is 19.3. The van der Waals surface area contributed by atoms with Crippen molar-refractivity contribution in [2.75, 3.05) is 13.7 Å². The Morgan fingerprint density at radius 2 is 1.83 bits per heavy atom. The topological polar surface area (TPSA) is 152 Å². The van der Waals surface area contributed by atoms with Gasteiger partial charge in [-0.2, -0.15) is 0 Å². The van der Waals surface area contributed by atoms with E-state index in [1.807, 2.05) is 12.1 Å². The molecule has 0 bridgehead atoms. The number of nitrogen functional groups attached to an aromatic ring is 1. The Labute approximate surface area is 244 Å². The predicted molar refractivity (Wildman–Crippen MR) is 162 cm³/mol. The average molecular weight is 588 g/mol. The van der Waals surface area contributed by atoms with Crippen molar-refractivity contribution in [1.82, 2.24) is 4.72 Å². The van der Waals surface area contributed by atoms with Gasteiger partial charge in [0.2, 0.25) is 16.1 Å². The van der Waals surface area contributed by atoms with Crippen LogP contribution in [0, 0.1) is 5.41 Å². The molecule has 0 saturated heterocycles. The third-order valence-corrected chi connectivity index (χ3v) is 8.87. The van der Waals surface area contributed by atoms with E-state index in [2.05, 4.69) is 4.72 Å². The molecule has 2 unspecified atom stereocenters. The first-order chi connectivity index (χ1) is 20.1. The van der Waals surface area contributed by atoms with Crippen molar-refractivity contribution in [1.29, 1.82) is 5.41 Å². The number of sulfonamides is 1. The minimum absolute atomic E-state index is 0.0388. The fourth-order valence-electron chi connectivity index (χ4n) is 5.41. The Kier molecular flexibility index (Phi) is 8.46. The van der Waals surface area contributed by atoms with Gasteiger partial charge in [0, 0.05) is 17.7 Å². The maximum atomic E-state index is 12.9. The van der Waals surface area contributed by atoms with Crippen LogP contribution in [0.2, 0.25) is 0 Å². The SMILES string of the molecule is COc1cccc(CS(=O)(=O)NCC2CCCc3ccc(OC(C(=O)O)c4ccc5cc(C(=N)N)ccc5c4)cc32)c1. The number of nitrogens with two attached hydrogens (primary N) is 1. The molecule has 2 atom stereocenters. The van der Waals surface area contributed by atoms with E-state index >= 15 is 0 Å². The van der Waals surface area contributed by atoms with Crippen molar-refractivity contribution < 1.29 is 27.8 Å². The van der Waals surface area contributed by atoms with E-state index < -0.39 is 22.1 Å². The van der Waals surface area contributed by atoms with E-state index in [9.17, 15) is 18.3 Å². The van der Waals surface area contributed by atoms with Gasteiger partial charge in [-0.05, 0) is 89.0 Å². The second-order valence-electron chi connectivity index (χ2n) is 10.5. The summed E-state index contributed by atoms with van der Waals surface area (Å²) in [4.78, 5) is 12.3. The first-order valence-corrected chi connectivity index (χ1v) is 15.3. The summed E-state index contributed by atoms with van der Waals surface area (Å²) in [6.45, 7) is 0.234. The molecule has 10 heteroatoms. The van der Waals surface area contributed by atoms with Crippen LogP contribution < -0.4 is 19.9 Å². The first kappa shape index (κ1) is 29.1. The van der Waals surface area contributed by atoms with E-state index in [0.29, 0.717) is 28.2 Å². The van der Waals surface area contributed by atoms with Crippen LogP contribution in [0.4, 0.5) is 0 Å². The molecule has 5 rings (SSSR count). The highest BCUT2D eigenvalue weighted by molar-refractivity contribution is 7.88. The number of aliphatic carboxylic acids is 1. The molecule has 1 aliphatic rings. The van der Waals surface area contributed by atoms with E-state index in [0.717, 1.165) is 41.2 Å². The van der Waals surface area contributed by atoms with E-state index in [-0.39, 0.29) is 24.1 Å². The number of fused-ring (bicyclic) bond motifs is 2. The van der Waals surface area contributed by atoms with Crippen molar-refractivity contribution in [2.45, 2.75) is 37.0 Å². The van der Waals surface area contributed by atoms with Crippen LogP contribution in [0.3, 0.4) is 0 Å². The average Bonchev–Trinajstić information content (AvgIpc) is 2.98. The summed E-state index contributed by atoms with van der Waals surface area (Å²) in [5.74, 6) is -0.398. The zero-order valence-electron chi connectivity index (χ0n) is 23.2. The lowest BCUT2D eigenvalue weighted by atomic mass is 9.83. The van der Waals surface area contributed by atoms with Crippen LogP contribution in [0.25, 0.3) is 10.8 Å². The lowest BCUT2D eigenvalue weighted by molar-refractivity contribution is -0.145. The van der Waals surface area contributed by atoms with E-state index in [4.69, 9.17) is 20.6 Å². The molecular formula is C32H33N3O6S. The number of rotatable bonds is 11. The second-order valence-corrected chi connectivity index (χ2v) is 12.3. The molecule has 5 N–H and O–H groups in total. The van der Waals surface area contributed by atoms with E-state index in [1.54, 1.807) is 66.7 Å². The van der Waals surface area contributed by atoms with Crippen LogP contribution in [0.1, 0.15) is 52.7 Å². The van der Waals surface area contributed by atoms with Gasteiger partial charge in [-0.25, -0.2) is 17.9 Å². The number of amidine groups is 1. The Balaban J connectivity index is 1.33. The molecule has 42 heavy (non-hydrogen) atoms. The number of aryl methyl sites for hydroxylation is 1. The van der Waals surface area contributed by atoms with Crippen molar-refractivity contribution in [3.63, 3.8) is 0 Å². The molecular weight excluding hydrogens is 554 g/mol. The molecule has 4 aromatic rings. The summed E-state index contributed by atoms with van der Waals surface area (Å²) < 4.78 is 39.8. The minimum atomic E-state index is -3.60. The Morgan fingerprint density at radius 3 is 2.60 bits per heavy atom. The van der Waals surface area contributed by atoms with Crippen LogP contribution in [-0.2, 0) is 27.0 Å². The first-order valence-electron chi connectivity index (χ1n) is 13.6. The molecule has 0 heterocycles. The molecule has 1 aliphatic carbocycles. The lowest BCUT2D eigenvalue weighted by Gasteiger charge is -2.27. The highest BCUT2D eigenvalue weighted by atomic mass is 32.2. The number of ether oxygens (including phenoxy) is 2. The third kappa shape index (κ3) is 6.72. The maximum absolute atomic E-state index is 12.9. The number of carboxylic acid groups (broad SMARTS) is 1. The molecule has 4 aromatic carbocycles. The van der Waals surface area contributed by atoms with Crippen LogP contribution in [0.5, 0.6) is 11.5 Å². The third-order valence-electron chi connectivity index (χ3n) is 7.55. The smallest absolute Gasteiger partial charge is 0.349 e. The minimum Gasteiger partial charge on any atom is -0.497 e. The van der Waals surface area contributed by atoms with Gasteiger partial charge in [-0.1, -0.05) is 42.5 Å². The standard InChI is InChI=1S/C32H33N3O6S/c1-40-27-7-2-4-20(14-27)19-42(38,39)35-18-26-6-3-5-21-12-13-28(17-29(21)26)41-30(32(36)37)24-10-8-23-16-25(31(33)34)11-9-22(23)15-24/h2,4,7-17,26,30,35H,3,5-6,18-19H2,1H3,(H3,33,34)(H,36,37). The van der Waals surface area contributed by atoms with Gasteiger partial charge in [-0.3, -0.25) is 5.41 Å². The van der Waals surface area contributed by atoms with Gasteiger partial charge >= 0.3 is 5.97 Å². The fraction of sp³-hybridized carbons (Fsp3) is 0.250. The number of carbonyl (C=O) groups is 1. The highest BCUT2D eigenvalue weighted by Gasteiger charge is 2.26. The van der Waals surface area contributed by atoms with Gasteiger partial charge in [-0.15, -0.1) is 0 Å². The van der Waals surface area contributed by atoms with Gasteiger partial charge in [0.25, 0.3) is 0 Å². The van der Waals surface area contributed by atoms with Gasteiger partial charge < -0.3 is 20.3 Å². The zero-order valence-corrected chi connectivity index (χ0v) is 24.0. The molecule has 9 nitrogen and oxygen atoms in total. The summed E-state index contributed by atoms with van der Waals surface area (Å²) in [7, 11) is -2.06. The number of methoxy groups -OCH3 is 1. The van der Waals surface area contributed by atoms with Crippen molar-refractivity contribution in [3.8, 4) is 11.5 Å². The van der Waals surface area contributed by atoms with Crippen molar-refractivity contribution in [3.05, 3.63) is 107 Å². The van der Waals surface area contributed by atoms with Gasteiger partial charge in [0.05, 0.1) is 12.9 Å². The van der Waals surface area contributed by atoms with Crippen LogP contribution >= 0.6 is 0 Å². The second kappa shape index (κ2) is 12.2. The Morgan fingerprint density at radius 1 is 1.05 bits per heavy atom. The number of nitrogens with one attached hydrogen (secondary N) is 2. The lowest BCUT2D eigenvalue weighted by Crippen LogP contribution is -2.31. The maximum Gasteiger partial charge on any atom is 0.349 e. The summed E-state index contributed by atoms with van der Waals surface area (Å²) in [6, 6.07) is 23.1. The summed E-state index contributed by atoms with van der Waals surface area (Å²) in [5.41, 5.74) is 9.36. The van der Waals surface area contributed by atoms with Crippen molar-refractivity contribution in [2.24, 2.45) is 5.73 Å². The normalized spacial score (nSPS) is 15.5. The summed E-state index contributed by atoms with van der Waals surface area (Å²) >= 11 is 0. The van der Waals surface area contributed by atoms with Gasteiger partial charge in [0.15, 0.2) is 0 Å². The molecule has 0 saturated carbocycles. The predicted octanol–water partition coefficient (Wildman–Crippen LogP) is 4.88. The van der Waals surface area contributed by atoms with Gasteiger partial charge in [0.1, 0.15) is 17.3 Å². The van der Waals surface area contributed by atoms with Crippen LogP contribution in [-0.4, -0.2) is 39.0 Å². The molecule has 0 aliphatic heterocycles. The van der Waals surface area contributed by atoms with Crippen molar-refractivity contribution >= 4 is 32.6 Å². The quantitative estimate of drug-likeness (QED) is 0.144. The molecule has 218 valence electrons. The van der Waals surface area contributed by atoms with E-state index in [1.165, 1.54) is 7.11 Å². The Bertz CT molecular complexity index is 1750. The molecule has 0 amide bonds. The fourth-order valence-corrected chi connectivity index (χ4v) is 6.59. The molecule has 0 fully saturated rings. The largest absolute Gasteiger partial charge is 0.497 e. The van der Waals surface area contributed by atoms with Crippen LogP contribution in [0.15, 0.2) is 78.9 Å². The Hall–Kier alpha value is -4.41. The molecule has 0 radical (unpaired) electrons. The number of hydrogen-bond acceptors (Lipinski definition) is 6. The monoisotopic (exact) mass is 587 g/mol. The number of hydrogen-bond donors (Lipinski definition) is 4. The molecule has 0 aromatic heterocycles.